The first kappa shape index (κ1) is 22.2. The average molecular weight is 428 g/mol. The van der Waals surface area contributed by atoms with Gasteiger partial charge in [-0.15, -0.1) is 0 Å². The molecule has 0 fully saturated rings. The number of para-hydroxylation sites is 2. The molecule has 162 valence electrons. The quantitative estimate of drug-likeness (QED) is 0.337. The Labute approximate surface area is 186 Å². The van der Waals surface area contributed by atoms with Crippen LogP contribution in [0.1, 0.15) is 18.1 Å². The number of urea groups is 2. The second kappa shape index (κ2) is 11.1. The number of amides is 4. The molecule has 0 aliphatic carbocycles. The van der Waals surface area contributed by atoms with Crippen LogP contribution in [0.15, 0.2) is 95.1 Å². The maximum atomic E-state index is 12.2. The minimum atomic E-state index is -0.497. The van der Waals surface area contributed by atoms with Crippen LogP contribution >= 0.6 is 0 Å². The van der Waals surface area contributed by atoms with Gasteiger partial charge in [0.15, 0.2) is 0 Å². The number of hydrogen-bond donors (Lipinski definition) is 4. The molecule has 3 rings (SSSR count). The molecule has 0 saturated carbocycles. The molecule has 0 saturated heterocycles. The van der Waals surface area contributed by atoms with Crippen molar-refractivity contribution < 1.29 is 9.59 Å². The molecule has 8 heteroatoms. The largest absolute Gasteiger partial charge is 0.339 e. The summed E-state index contributed by atoms with van der Waals surface area (Å²) in [6, 6.07) is 24.7. The summed E-state index contributed by atoms with van der Waals surface area (Å²) in [4.78, 5) is 24.4. The molecular formula is C24H24N6O2. The normalized spacial score (nSPS) is 11.4. The van der Waals surface area contributed by atoms with Crippen molar-refractivity contribution in [3.8, 4) is 0 Å². The number of aryl methyl sites for hydroxylation is 1. The van der Waals surface area contributed by atoms with Crippen molar-refractivity contribution in [2.75, 3.05) is 10.6 Å². The standard InChI is InChI=1S/C24H24N6O2/c1-17-13-15-19(16-14-17)22(28-30-24(32)26-21-11-7-4-8-12-21)18(2)27-29-23(31)25-20-9-5-3-6-10-20/h3-16H,1-2H3,(H2,25,29,31)(H2,26,30,32)/b27-18+,28-22-. The van der Waals surface area contributed by atoms with Gasteiger partial charge in [0.1, 0.15) is 5.71 Å². The van der Waals surface area contributed by atoms with Gasteiger partial charge < -0.3 is 10.6 Å². The predicted octanol–water partition coefficient (Wildman–Crippen LogP) is 4.72. The van der Waals surface area contributed by atoms with Gasteiger partial charge in [-0.3, -0.25) is 0 Å². The first-order valence-electron chi connectivity index (χ1n) is 9.95. The number of anilines is 2. The number of rotatable bonds is 6. The van der Waals surface area contributed by atoms with Crippen molar-refractivity contribution in [3.63, 3.8) is 0 Å². The van der Waals surface area contributed by atoms with E-state index in [1.165, 1.54) is 0 Å². The zero-order chi connectivity index (χ0) is 22.8. The van der Waals surface area contributed by atoms with Gasteiger partial charge in [-0.05, 0) is 38.1 Å². The van der Waals surface area contributed by atoms with Crippen LogP contribution in [-0.2, 0) is 0 Å². The van der Waals surface area contributed by atoms with Crippen LogP contribution in [0.5, 0.6) is 0 Å². The van der Waals surface area contributed by atoms with E-state index < -0.39 is 12.1 Å². The highest BCUT2D eigenvalue weighted by molar-refractivity contribution is 6.47. The Kier molecular flexibility index (Phi) is 7.69. The lowest BCUT2D eigenvalue weighted by molar-refractivity contribution is 0.251. The highest BCUT2D eigenvalue weighted by Crippen LogP contribution is 2.08. The molecule has 0 spiro atoms. The summed E-state index contributed by atoms with van der Waals surface area (Å²) in [6.45, 7) is 3.67. The third-order valence-electron chi connectivity index (χ3n) is 4.33. The van der Waals surface area contributed by atoms with Crippen LogP contribution in [0.25, 0.3) is 0 Å². The topological polar surface area (TPSA) is 107 Å². The van der Waals surface area contributed by atoms with Crippen molar-refractivity contribution in [1.82, 2.24) is 10.9 Å². The fourth-order valence-corrected chi connectivity index (χ4v) is 2.72. The molecule has 4 amide bonds. The first-order chi connectivity index (χ1) is 15.5. The van der Waals surface area contributed by atoms with E-state index in [9.17, 15) is 9.59 Å². The molecule has 0 unspecified atom stereocenters. The molecule has 0 aliphatic rings. The summed E-state index contributed by atoms with van der Waals surface area (Å²) in [7, 11) is 0. The molecule has 32 heavy (non-hydrogen) atoms. The number of nitrogens with zero attached hydrogens (tertiary/aromatic N) is 2. The summed E-state index contributed by atoms with van der Waals surface area (Å²) >= 11 is 0. The van der Waals surface area contributed by atoms with Crippen LogP contribution in [0.2, 0.25) is 0 Å². The van der Waals surface area contributed by atoms with Gasteiger partial charge in [0.05, 0.1) is 5.71 Å². The minimum Gasteiger partial charge on any atom is -0.307 e. The van der Waals surface area contributed by atoms with E-state index in [0.717, 1.165) is 11.1 Å². The summed E-state index contributed by atoms with van der Waals surface area (Å²) in [5.74, 6) is 0. The first-order valence-corrected chi connectivity index (χ1v) is 9.95. The van der Waals surface area contributed by atoms with Crippen LogP contribution < -0.4 is 21.5 Å². The van der Waals surface area contributed by atoms with E-state index in [0.29, 0.717) is 22.8 Å². The molecule has 3 aromatic rings. The molecule has 4 N–H and O–H groups in total. The zero-order valence-electron chi connectivity index (χ0n) is 17.8. The van der Waals surface area contributed by atoms with Gasteiger partial charge in [-0.25, -0.2) is 20.4 Å². The summed E-state index contributed by atoms with van der Waals surface area (Å²) < 4.78 is 0. The number of nitrogens with one attached hydrogen (secondary N) is 4. The van der Waals surface area contributed by atoms with Gasteiger partial charge in [-0.1, -0.05) is 66.2 Å². The van der Waals surface area contributed by atoms with E-state index in [2.05, 4.69) is 31.7 Å². The maximum absolute atomic E-state index is 12.2. The van der Waals surface area contributed by atoms with E-state index in [4.69, 9.17) is 0 Å². The Morgan fingerprint density at radius 2 is 1.12 bits per heavy atom. The van der Waals surface area contributed by atoms with Crippen LogP contribution in [0.4, 0.5) is 21.0 Å². The third-order valence-corrected chi connectivity index (χ3v) is 4.33. The Balaban J connectivity index is 1.73. The molecule has 0 aromatic heterocycles. The monoisotopic (exact) mass is 428 g/mol. The second-order valence-electron chi connectivity index (χ2n) is 6.89. The van der Waals surface area contributed by atoms with Gasteiger partial charge >= 0.3 is 12.1 Å². The molecule has 0 heterocycles. The summed E-state index contributed by atoms with van der Waals surface area (Å²) in [6.07, 6.45) is 0. The van der Waals surface area contributed by atoms with Crippen LogP contribution in [0, 0.1) is 6.92 Å². The fraction of sp³-hybridized carbons (Fsp3) is 0.0833. The molecule has 3 aromatic carbocycles. The van der Waals surface area contributed by atoms with Crippen molar-refractivity contribution in [2.45, 2.75) is 13.8 Å². The van der Waals surface area contributed by atoms with Gasteiger partial charge in [-0.2, -0.15) is 10.2 Å². The fourth-order valence-electron chi connectivity index (χ4n) is 2.72. The SMILES string of the molecule is CC(=N\NC(=O)Nc1ccccc1)/C(=N/NC(=O)Nc1ccccc1)c1ccc(C)cc1. The number of hydrogen-bond acceptors (Lipinski definition) is 4. The molecule has 0 aliphatic heterocycles. The van der Waals surface area contributed by atoms with E-state index in [1.807, 2.05) is 67.6 Å². The Morgan fingerprint density at radius 3 is 1.62 bits per heavy atom. The molecule has 0 bridgehead atoms. The van der Waals surface area contributed by atoms with Crippen molar-refractivity contribution in [2.24, 2.45) is 10.2 Å². The lowest BCUT2D eigenvalue weighted by Gasteiger charge is -2.10. The molecule has 8 nitrogen and oxygen atoms in total. The molecular weight excluding hydrogens is 404 g/mol. The third kappa shape index (κ3) is 6.81. The zero-order valence-corrected chi connectivity index (χ0v) is 17.8. The minimum absolute atomic E-state index is 0.410. The number of hydrazone groups is 2. The Hall–Kier alpha value is -4.46. The van der Waals surface area contributed by atoms with Crippen LogP contribution in [-0.4, -0.2) is 23.5 Å². The van der Waals surface area contributed by atoms with Crippen molar-refractivity contribution in [3.05, 3.63) is 96.1 Å². The predicted molar refractivity (Wildman–Crippen MR) is 128 cm³/mol. The van der Waals surface area contributed by atoms with Gasteiger partial charge in [0.25, 0.3) is 0 Å². The molecule has 0 radical (unpaired) electrons. The summed E-state index contributed by atoms with van der Waals surface area (Å²) in [5.41, 5.74) is 8.86. The highest BCUT2D eigenvalue weighted by Gasteiger charge is 2.11. The van der Waals surface area contributed by atoms with E-state index in [1.54, 1.807) is 31.2 Å². The van der Waals surface area contributed by atoms with Gasteiger partial charge in [0.2, 0.25) is 0 Å². The molecule has 0 atom stereocenters. The number of carbonyl (C=O) groups excluding carboxylic acids is 2. The van der Waals surface area contributed by atoms with E-state index >= 15 is 0 Å². The van der Waals surface area contributed by atoms with Crippen molar-refractivity contribution in [1.29, 1.82) is 0 Å². The summed E-state index contributed by atoms with van der Waals surface area (Å²) in [5, 5.41) is 13.7. The highest BCUT2D eigenvalue weighted by atomic mass is 16.2. The average Bonchev–Trinajstić information content (AvgIpc) is 2.80. The number of carbonyl (C=O) groups is 2. The number of benzene rings is 3. The van der Waals surface area contributed by atoms with Crippen molar-refractivity contribution >= 4 is 34.9 Å². The van der Waals surface area contributed by atoms with Crippen LogP contribution in [0.3, 0.4) is 0 Å². The smallest absolute Gasteiger partial charge is 0.307 e. The lowest BCUT2D eigenvalue weighted by atomic mass is 10.1. The Bertz CT molecular complexity index is 1110. The maximum Gasteiger partial charge on any atom is 0.339 e. The lowest BCUT2D eigenvalue weighted by Crippen LogP contribution is -2.29. The van der Waals surface area contributed by atoms with Gasteiger partial charge in [0, 0.05) is 16.9 Å². The van der Waals surface area contributed by atoms with E-state index in [-0.39, 0.29) is 0 Å². The Morgan fingerprint density at radius 1 is 0.656 bits per heavy atom. The second-order valence-corrected chi connectivity index (χ2v) is 6.89.